The fourth-order valence-electron chi connectivity index (χ4n) is 4.58. The SMILES string of the molecule is CN(c1nc(Cl)cc2ncccc12)C1C[C@H]2CC[C@@H](C1)N2CCC#N. The van der Waals surface area contributed by atoms with E-state index in [1.54, 1.807) is 6.20 Å². The fraction of sp³-hybridized carbons (Fsp3) is 0.526. The molecule has 0 aliphatic carbocycles. The van der Waals surface area contributed by atoms with Crippen molar-refractivity contribution in [3.05, 3.63) is 29.5 Å². The highest BCUT2D eigenvalue weighted by molar-refractivity contribution is 6.30. The number of fused-ring (bicyclic) bond motifs is 3. The first kappa shape index (κ1) is 16.6. The van der Waals surface area contributed by atoms with Gasteiger partial charge in [0.2, 0.25) is 0 Å². The van der Waals surface area contributed by atoms with Crippen LogP contribution in [0.5, 0.6) is 0 Å². The first-order valence-electron chi connectivity index (χ1n) is 8.94. The van der Waals surface area contributed by atoms with E-state index in [0.29, 0.717) is 29.7 Å². The van der Waals surface area contributed by atoms with Crippen molar-refractivity contribution in [3.8, 4) is 6.07 Å². The minimum atomic E-state index is 0.449. The Hall–Kier alpha value is -1.90. The molecule has 5 nitrogen and oxygen atoms in total. The lowest BCUT2D eigenvalue weighted by Crippen LogP contribution is -2.50. The second-order valence-electron chi connectivity index (χ2n) is 7.11. The summed E-state index contributed by atoms with van der Waals surface area (Å²) < 4.78 is 0. The highest BCUT2D eigenvalue weighted by atomic mass is 35.5. The van der Waals surface area contributed by atoms with E-state index in [-0.39, 0.29) is 0 Å². The van der Waals surface area contributed by atoms with Gasteiger partial charge in [0.25, 0.3) is 0 Å². The lowest BCUT2D eigenvalue weighted by atomic mass is 9.95. The van der Waals surface area contributed by atoms with Crippen LogP contribution in [0.25, 0.3) is 10.9 Å². The molecule has 2 bridgehead atoms. The molecule has 2 aliphatic heterocycles. The second-order valence-corrected chi connectivity index (χ2v) is 7.49. The highest BCUT2D eigenvalue weighted by Crippen LogP contribution is 2.39. The largest absolute Gasteiger partial charge is 0.356 e. The molecule has 2 fully saturated rings. The quantitative estimate of drug-likeness (QED) is 0.784. The Morgan fingerprint density at radius 2 is 2.12 bits per heavy atom. The summed E-state index contributed by atoms with van der Waals surface area (Å²) in [7, 11) is 2.13. The molecule has 1 unspecified atom stereocenters. The van der Waals surface area contributed by atoms with Gasteiger partial charge in [-0.3, -0.25) is 9.88 Å². The van der Waals surface area contributed by atoms with Gasteiger partial charge < -0.3 is 4.90 Å². The molecular weight excluding hydrogens is 334 g/mol. The molecule has 25 heavy (non-hydrogen) atoms. The molecule has 0 radical (unpaired) electrons. The molecule has 4 heterocycles. The van der Waals surface area contributed by atoms with Crippen molar-refractivity contribution in [2.45, 2.75) is 50.2 Å². The standard InChI is InChI=1S/C19H22ClN5/c1-24(19-16-4-2-8-22-17(16)12-18(20)23-19)15-10-13-5-6-14(11-15)25(13)9-3-7-21/h2,4,8,12-15H,3,5-6,9-11H2,1H3/t13-,14+,15?. The molecule has 0 spiro atoms. The van der Waals surface area contributed by atoms with Crippen molar-refractivity contribution in [3.63, 3.8) is 0 Å². The van der Waals surface area contributed by atoms with E-state index in [4.69, 9.17) is 16.9 Å². The molecule has 0 N–H and O–H groups in total. The summed E-state index contributed by atoms with van der Waals surface area (Å²) in [4.78, 5) is 13.9. The first-order chi connectivity index (χ1) is 12.2. The van der Waals surface area contributed by atoms with Gasteiger partial charge in [-0.2, -0.15) is 5.26 Å². The molecule has 2 saturated heterocycles. The summed E-state index contributed by atoms with van der Waals surface area (Å²) in [5.74, 6) is 0.922. The lowest BCUT2D eigenvalue weighted by Gasteiger charge is -2.42. The molecule has 0 aromatic carbocycles. The maximum Gasteiger partial charge on any atom is 0.139 e. The second kappa shape index (κ2) is 6.78. The third-order valence-electron chi connectivity index (χ3n) is 5.77. The number of nitrogens with zero attached hydrogens (tertiary/aromatic N) is 5. The van der Waals surface area contributed by atoms with Crippen molar-refractivity contribution in [1.29, 1.82) is 5.26 Å². The Labute approximate surface area is 153 Å². The smallest absolute Gasteiger partial charge is 0.139 e. The lowest BCUT2D eigenvalue weighted by molar-refractivity contribution is 0.129. The number of nitriles is 1. The van der Waals surface area contributed by atoms with Crippen LogP contribution in [0.15, 0.2) is 24.4 Å². The van der Waals surface area contributed by atoms with Crippen molar-refractivity contribution < 1.29 is 0 Å². The van der Waals surface area contributed by atoms with E-state index in [1.165, 1.54) is 12.8 Å². The van der Waals surface area contributed by atoms with Crippen molar-refractivity contribution >= 4 is 28.3 Å². The summed E-state index contributed by atoms with van der Waals surface area (Å²) >= 11 is 6.24. The van der Waals surface area contributed by atoms with Crippen LogP contribution in [0.3, 0.4) is 0 Å². The van der Waals surface area contributed by atoms with E-state index in [2.05, 4.69) is 39.0 Å². The van der Waals surface area contributed by atoms with Crippen LogP contribution in [0, 0.1) is 11.3 Å². The third-order valence-corrected chi connectivity index (χ3v) is 5.96. The number of piperidine rings is 1. The molecule has 4 rings (SSSR count). The molecule has 2 aromatic rings. The van der Waals surface area contributed by atoms with Gasteiger partial charge in [-0.25, -0.2) is 4.98 Å². The van der Waals surface area contributed by atoms with Crippen LogP contribution in [0.1, 0.15) is 32.1 Å². The summed E-state index contributed by atoms with van der Waals surface area (Å²) in [5, 5.41) is 10.4. The Balaban J connectivity index is 1.59. The minimum Gasteiger partial charge on any atom is -0.356 e. The molecule has 0 amide bonds. The van der Waals surface area contributed by atoms with Gasteiger partial charge in [0, 0.05) is 55.8 Å². The van der Waals surface area contributed by atoms with E-state index in [9.17, 15) is 0 Å². The molecule has 130 valence electrons. The van der Waals surface area contributed by atoms with Crippen LogP contribution in [-0.2, 0) is 0 Å². The van der Waals surface area contributed by atoms with Crippen LogP contribution >= 0.6 is 11.6 Å². The van der Waals surface area contributed by atoms with Gasteiger partial charge in [0.15, 0.2) is 0 Å². The Morgan fingerprint density at radius 1 is 1.36 bits per heavy atom. The fourth-order valence-corrected chi connectivity index (χ4v) is 4.76. The Bertz CT molecular complexity index is 803. The third kappa shape index (κ3) is 3.05. The van der Waals surface area contributed by atoms with E-state index in [1.807, 2.05) is 12.1 Å². The van der Waals surface area contributed by atoms with Crippen LogP contribution < -0.4 is 4.90 Å². The zero-order valence-electron chi connectivity index (χ0n) is 14.4. The molecule has 2 aliphatic rings. The summed E-state index contributed by atoms with van der Waals surface area (Å²) in [5.41, 5.74) is 0.888. The van der Waals surface area contributed by atoms with Crippen LogP contribution in [0.2, 0.25) is 5.15 Å². The Kier molecular flexibility index (Phi) is 4.49. The minimum absolute atomic E-state index is 0.449. The number of anilines is 1. The maximum absolute atomic E-state index is 8.89. The first-order valence-corrected chi connectivity index (χ1v) is 9.32. The highest BCUT2D eigenvalue weighted by Gasteiger charge is 2.41. The summed E-state index contributed by atoms with van der Waals surface area (Å²) in [6.07, 6.45) is 7.14. The Morgan fingerprint density at radius 3 is 2.84 bits per heavy atom. The number of pyridine rings is 2. The average molecular weight is 356 g/mol. The predicted molar refractivity (Wildman–Crippen MR) is 99.7 cm³/mol. The van der Waals surface area contributed by atoms with E-state index < -0.39 is 0 Å². The number of hydrogen-bond acceptors (Lipinski definition) is 5. The van der Waals surface area contributed by atoms with Gasteiger partial charge in [0.1, 0.15) is 11.0 Å². The molecule has 3 atom stereocenters. The maximum atomic E-state index is 8.89. The molecule has 2 aromatic heterocycles. The van der Waals surface area contributed by atoms with E-state index in [0.717, 1.165) is 36.1 Å². The average Bonchev–Trinajstić information content (AvgIpc) is 2.85. The van der Waals surface area contributed by atoms with Gasteiger partial charge in [-0.15, -0.1) is 0 Å². The number of rotatable bonds is 4. The zero-order valence-corrected chi connectivity index (χ0v) is 15.2. The van der Waals surface area contributed by atoms with Crippen LogP contribution in [0.4, 0.5) is 5.82 Å². The topological polar surface area (TPSA) is 56.1 Å². The van der Waals surface area contributed by atoms with Gasteiger partial charge in [0.05, 0.1) is 11.6 Å². The van der Waals surface area contributed by atoms with Crippen molar-refractivity contribution in [1.82, 2.24) is 14.9 Å². The number of halogens is 1. The summed E-state index contributed by atoms with van der Waals surface area (Å²) in [6.45, 7) is 0.907. The van der Waals surface area contributed by atoms with Crippen LogP contribution in [-0.4, -0.2) is 46.6 Å². The predicted octanol–water partition coefficient (Wildman–Crippen LogP) is 3.63. The zero-order chi connectivity index (χ0) is 17.4. The monoisotopic (exact) mass is 355 g/mol. The van der Waals surface area contributed by atoms with Crippen molar-refractivity contribution in [2.24, 2.45) is 0 Å². The van der Waals surface area contributed by atoms with E-state index >= 15 is 0 Å². The van der Waals surface area contributed by atoms with Gasteiger partial charge in [-0.1, -0.05) is 11.6 Å². The van der Waals surface area contributed by atoms with Crippen molar-refractivity contribution in [2.75, 3.05) is 18.5 Å². The molecular formula is C19H22ClN5. The normalized spacial score (nSPS) is 25.9. The summed E-state index contributed by atoms with van der Waals surface area (Å²) in [6, 6.07) is 9.74. The molecule has 0 saturated carbocycles. The number of hydrogen-bond donors (Lipinski definition) is 0. The molecule has 6 heteroatoms. The van der Waals surface area contributed by atoms with Gasteiger partial charge >= 0.3 is 0 Å². The number of aromatic nitrogens is 2. The van der Waals surface area contributed by atoms with Gasteiger partial charge in [-0.05, 0) is 37.8 Å².